The van der Waals surface area contributed by atoms with Gasteiger partial charge < -0.3 is 20.1 Å². The molecule has 0 heterocycles. The van der Waals surface area contributed by atoms with Gasteiger partial charge in [0.15, 0.2) is 6.61 Å². The second kappa shape index (κ2) is 11.5. The Labute approximate surface area is 194 Å². The molecule has 2 aromatic carbocycles. The number of carbonyl (C=O) groups excluding carboxylic acids is 3. The summed E-state index contributed by atoms with van der Waals surface area (Å²) in [4.78, 5) is 38.0. The van der Waals surface area contributed by atoms with Crippen LogP contribution in [0.3, 0.4) is 0 Å². The van der Waals surface area contributed by atoms with Crippen LogP contribution in [0.2, 0.25) is 0 Å². The van der Waals surface area contributed by atoms with Gasteiger partial charge >= 0.3 is 5.97 Å². The molecule has 0 radical (unpaired) electrons. The summed E-state index contributed by atoms with van der Waals surface area (Å²) in [5.74, 6) is -1.22. The Kier molecular flexibility index (Phi) is 8.46. The van der Waals surface area contributed by atoms with Crippen LogP contribution in [-0.2, 0) is 20.7 Å². The molecule has 2 amide bonds. The van der Waals surface area contributed by atoms with Crippen LogP contribution in [0.25, 0.3) is 0 Å². The number of hydrogen-bond acceptors (Lipinski definition) is 5. The van der Waals surface area contributed by atoms with E-state index >= 15 is 0 Å². The summed E-state index contributed by atoms with van der Waals surface area (Å²) < 4.78 is 10.8. The number of nitrogens with one attached hydrogen (secondary N) is 2. The smallest absolute Gasteiger partial charge is 0.329 e. The Bertz CT molecular complexity index is 988. The molecule has 2 aromatic rings. The van der Waals surface area contributed by atoms with Gasteiger partial charge in [-0.1, -0.05) is 50.2 Å². The highest BCUT2D eigenvalue weighted by atomic mass is 16.5. The van der Waals surface area contributed by atoms with Crippen molar-refractivity contribution >= 4 is 17.8 Å². The molecule has 1 aliphatic rings. The molecule has 0 aromatic heterocycles. The summed E-state index contributed by atoms with van der Waals surface area (Å²) in [5, 5.41) is 5.69. The van der Waals surface area contributed by atoms with Gasteiger partial charge in [-0.2, -0.15) is 0 Å². The quantitative estimate of drug-likeness (QED) is 0.567. The number of esters is 1. The Balaban J connectivity index is 1.57. The van der Waals surface area contributed by atoms with E-state index in [9.17, 15) is 14.4 Å². The summed E-state index contributed by atoms with van der Waals surface area (Å²) in [6.07, 6.45) is 2.84. The van der Waals surface area contributed by atoms with Crippen molar-refractivity contribution in [2.45, 2.75) is 52.1 Å². The van der Waals surface area contributed by atoms with Gasteiger partial charge in [0.1, 0.15) is 11.8 Å². The summed E-state index contributed by atoms with van der Waals surface area (Å²) in [6, 6.07) is 13.9. The van der Waals surface area contributed by atoms with Crippen molar-refractivity contribution in [3.05, 3.63) is 65.2 Å². The summed E-state index contributed by atoms with van der Waals surface area (Å²) in [7, 11) is 0. The van der Waals surface area contributed by atoms with Crippen molar-refractivity contribution in [2.24, 2.45) is 5.92 Å². The van der Waals surface area contributed by atoms with Crippen LogP contribution < -0.4 is 15.4 Å². The molecule has 0 aliphatic heterocycles. The van der Waals surface area contributed by atoms with Crippen LogP contribution in [0, 0.1) is 5.92 Å². The fourth-order valence-electron chi connectivity index (χ4n) is 4.02. The minimum atomic E-state index is -0.893. The number of carbonyl (C=O) groups is 3. The molecule has 2 atom stereocenters. The maximum atomic E-state index is 12.8. The van der Waals surface area contributed by atoms with E-state index in [1.54, 1.807) is 38.1 Å². The predicted octanol–water partition coefficient (Wildman–Crippen LogP) is 3.58. The molecule has 176 valence electrons. The predicted molar refractivity (Wildman–Crippen MR) is 125 cm³/mol. The first-order valence-electron chi connectivity index (χ1n) is 11.5. The first-order valence-corrected chi connectivity index (χ1v) is 11.5. The molecular formula is C26H32N2O5. The van der Waals surface area contributed by atoms with Crippen LogP contribution in [0.15, 0.2) is 48.5 Å². The molecule has 3 rings (SSSR count). The molecule has 0 saturated carbocycles. The normalized spacial score (nSPS) is 15.8. The Morgan fingerprint density at radius 2 is 1.79 bits per heavy atom. The van der Waals surface area contributed by atoms with Gasteiger partial charge in [0.2, 0.25) is 0 Å². The third-order valence-corrected chi connectivity index (χ3v) is 5.69. The minimum Gasteiger partial charge on any atom is -0.493 e. The zero-order chi connectivity index (χ0) is 23.8. The molecule has 0 saturated heterocycles. The molecule has 1 aliphatic carbocycles. The van der Waals surface area contributed by atoms with E-state index in [0.717, 1.165) is 24.8 Å². The lowest BCUT2D eigenvalue weighted by Gasteiger charge is -2.26. The fourth-order valence-corrected chi connectivity index (χ4v) is 4.02. The zero-order valence-electron chi connectivity index (χ0n) is 19.4. The van der Waals surface area contributed by atoms with E-state index in [1.807, 2.05) is 25.1 Å². The van der Waals surface area contributed by atoms with E-state index in [-0.39, 0.29) is 17.9 Å². The fraction of sp³-hybridized carbons (Fsp3) is 0.423. The van der Waals surface area contributed by atoms with Crippen LogP contribution in [0.1, 0.15) is 61.1 Å². The SMILES string of the molecule is CCOc1ccccc1C(=O)N[C@H](C(=O)OCC(=O)N[C@@H]1CCCc2ccccc21)C(C)C. The van der Waals surface area contributed by atoms with Crippen molar-refractivity contribution in [1.29, 1.82) is 0 Å². The minimum absolute atomic E-state index is 0.0863. The zero-order valence-corrected chi connectivity index (χ0v) is 19.4. The molecule has 0 fully saturated rings. The van der Waals surface area contributed by atoms with Crippen LogP contribution in [-0.4, -0.2) is 37.0 Å². The monoisotopic (exact) mass is 452 g/mol. The van der Waals surface area contributed by atoms with E-state index in [0.29, 0.717) is 17.9 Å². The maximum absolute atomic E-state index is 12.8. The third kappa shape index (κ3) is 6.34. The van der Waals surface area contributed by atoms with Gasteiger partial charge in [0.05, 0.1) is 18.2 Å². The van der Waals surface area contributed by atoms with Crippen LogP contribution in [0.4, 0.5) is 0 Å². The van der Waals surface area contributed by atoms with E-state index in [2.05, 4.69) is 16.7 Å². The van der Waals surface area contributed by atoms with E-state index in [1.165, 1.54) is 5.56 Å². The number of hydrogen-bond donors (Lipinski definition) is 2. The number of para-hydroxylation sites is 1. The van der Waals surface area contributed by atoms with Crippen LogP contribution >= 0.6 is 0 Å². The van der Waals surface area contributed by atoms with Gasteiger partial charge in [-0.05, 0) is 55.4 Å². The maximum Gasteiger partial charge on any atom is 0.329 e. The largest absolute Gasteiger partial charge is 0.493 e. The number of benzene rings is 2. The summed E-state index contributed by atoms with van der Waals surface area (Å²) in [6.45, 7) is 5.46. The average Bonchev–Trinajstić information content (AvgIpc) is 2.81. The third-order valence-electron chi connectivity index (χ3n) is 5.69. The first-order chi connectivity index (χ1) is 15.9. The number of aryl methyl sites for hydroxylation is 1. The lowest BCUT2D eigenvalue weighted by Crippen LogP contribution is -2.46. The number of rotatable bonds is 9. The highest BCUT2D eigenvalue weighted by Crippen LogP contribution is 2.29. The molecule has 7 heteroatoms. The summed E-state index contributed by atoms with van der Waals surface area (Å²) in [5.41, 5.74) is 2.69. The van der Waals surface area contributed by atoms with E-state index < -0.39 is 24.5 Å². The van der Waals surface area contributed by atoms with Crippen molar-refractivity contribution in [2.75, 3.05) is 13.2 Å². The van der Waals surface area contributed by atoms with Crippen molar-refractivity contribution < 1.29 is 23.9 Å². The number of amides is 2. The second-order valence-corrected chi connectivity index (χ2v) is 8.44. The number of fused-ring (bicyclic) bond motifs is 1. The molecular weight excluding hydrogens is 420 g/mol. The molecule has 0 unspecified atom stereocenters. The number of ether oxygens (including phenoxy) is 2. The molecule has 0 spiro atoms. The Morgan fingerprint density at radius 1 is 1.06 bits per heavy atom. The van der Waals surface area contributed by atoms with Gasteiger partial charge in [0, 0.05) is 0 Å². The second-order valence-electron chi connectivity index (χ2n) is 8.44. The van der Waals surface area contributed by atoms with Gasteiger partial charge in [-0.3, -0.25) is 9.59 Å². The first kappa shape index (κ1) is 24.3. The lowest BCUT2D eigenvalue weighted by molar-refractivity contribution is -0.151. The van der Waals surface area contributed by atoms with Gasteiger partial charge in [-0.25, -0.2) is 4.79 Å². The Morgan fingerprint density at radius 3 is 2.55 bits per heavy atom. The highest BCUT2D eigenvalue weighted by Gasteiger charge is 2.28. The van der Waals surface area contributed by atoms with Gasteiger partial charge in [-0.15, -0.1) is 0 Å². The average molecular weight is 453 g/mol. The summed E-state index contributed by atoms with van der Waals surface area (Å²) >= 11 is 0. The van der Waals surface area contributed by atoms with Gasteiger partial charge in [0.25, 0.3) is 11.8 Å². The molecule has 2 N–H and O–H groups in total. The molecule has 7 nitrogen and oxygen atoms in total. The Hall–Kier alpha value is -3.35. The highest BCUT2D eigenvalue weighted by molar-refractivity contribution is 5.99. The van der Waals surface area contributed by atoms with E-state index in [4.69, 9.17) is 9.47 Å². The van der Waals surface area contributed by atoms with Crippen molar-refractivity contribution in [1.82, 2.24) is 10.6 Å². The van der Waals surface area contributed by atoms with Crippen LogP contribution in [0.5, 0.6) is 5.75 Å². The molecule has 0 bridgehead atoms. The topological polar surface area (TPSA) is 93.7 Å². The lowest BCUT2D eigenvalue weighted by atomic mass is 9.88. The standard InChI is InChI=1S/C26H32N2O5/c1-4-32-22-15-8-7-13-20(22)25(30)28-24(17(2)3)26(31)33-16-23(29)27-21-14-9-11-18-10-5-6-12-19(18)21/h5-8,10,12-13,15,17,21,24H,4,9,11,14,16H2,1-3H3,(H,27,29)(H,28,30)/t21-,24+/m1/s1. The van der Waals surface area contributed by atoms with Crippen molar-refractivity contribution in [3.8, 4) is 5.75 Å². The van der Waals surface area contributed by atoms with Crippen molar-refractivity contribution in [3.63, 3.8) is 0 Å². The molecule has 33 heavy (non-hydrogen) atoms.